The second kappa shape index (κ2) is 6.11. The van der Waals surface area contributed by atoms with Crippen molar-refractivity contribution in [2.45, 2.75) is 18.7 Å². The predicted octanol–water partition coefficient (Wildman–Crippen LogP) is 3.00. The molecule has 0 unspecified atom stereocenters. The smallest absolute Gasteiger partial charge is 0.261 e. The number of hydrogen-bond donors (Lipinski definition) is 0. The molecular formula is C12H15Cl2NO3S. The Morgan fingerprint density at radius 2 is 1.89 bits per heavy atom. The molecule has 1 rings (SSSR count). The quantitative estimate of drug-likeness (QED) is 0.800. The number of benzene rings is 1. The van der Waals surface area contributed by atoms with Gasteiger partial charge in [-0.15, -0.1) is 0 Å². The SMILES string of the molecule is CC(C)CN(C)C(=O)c1cc(Cl)cc(S(=O)(=O)Cl)c1. The molecule has 1 aromatic rings. The fourth-order valence-corrected chi connectivity index (χ4v) is 2.78. The third kappa shape index (κ3) is 4.67. The molecule has 0 fully saturated rings. The minimum Gasteiger partial charge on any atom is -0.341 e. The van der Waals surface area contributed by atoms with E-state index < -0.39 is 9.05 Å². The van der Waals surface area contributed by atoms with Gasteiger partial charge in [-0.1, -0.05) is 25.4 Å². The summed E-state index contributed by atoms with van der Waals surface area (Å²) in [5.41, 5.74) is 0.204. The fraction of sp³-hybridized carbons (Fsp3) is 0.417. The first-order valence-corrected chi connectivity index (χ1v) is 8.30. The lowest BCUT2D eigenvalue weighted by molar-refractivity contribution is 0.0779. The molecule has 0 aliphatic rings. The van der Waals surface area contributed by atoms with Crippen LogP contribution in [-0.4, -0.2) is 32.8 Å². The van der Waals surface area contributed by atoms with Crippen molar-refractivity contribution < 1.29 is 13.2 Å². The summed E-state index contributed by atoms with van der Waals surface area (Å²) >= 11 is 5.82. The highest BCUT2D eigenvalue weighted by molar-refractivity contribution is 8.13. The van der Waals surface area contributed by atoms with Gasteiger partial charge in [0, 0.05) is 34.9 Å². The topological polar surface area (TPSA) is 54.5 Å². The van der Waals surface area contributed by atoms with E-state index >= 15 is 0 Å². The van der Waals surface area contributed by atoms with Gasteiger partial charge < -0.3 is 4.90 Å². The van der Waals surface area contributed by atoms with Crippen LogP contribution >= 0.6 is 22.3 Å². The average Bonchev–Trinajstić information content (AvgIpc) is 2.25. The third-order valence-electron chi connectivity index (χ3n) is 2.39. The van der Waals surface area contributed by atoms with Crippen molar-refractivity contribution in [1.29, 1.82) is 0 Å². The molecule has 0 atom stereocenters. The molecule has 0 aliphatic heterocycles. The minimum absolute atomic E-state index is 0.156. The second-order valence-electron chi connectivity index (χ2n) is 4.69. The Labute approximate surface area is 122 Å². The van der Waals surface area contributed by atoms with Gasteiger partial charge in [-0.3, -0.25) is 4.79 Å². The van der Waals surface area contributed by atoms with Crippen molar-refractivity contribution in [3.05, 3.63) is 28.8 Å². The zero-order valence-corrected chi connectivity index (χ0v) is 13.2. The van der Waals surface area contributed by atoms with Crippen molar-refractivity contribution in [2.75, 3.05) is 13.6 Å². The van der Waals surface area contributed by atoms with Crippen LogP contribution in [0.3, 0.4) is 0 Å². The van der Waals surface area contributed by atoms with Crippen LogP contribution in [0, 0.1) is 5.92 Å². The van der Waals surface area contributed by atoms with Crippen LogP contribution in [0.4, 0.5) is 0 Å². The Kier molecular flexibility index (Phi) is 5.24. The van der Waals surface area contributed by atoms with E-state index in [-0.39, 0.29) is 21.4 Å². The van der Waals surface area contributed by atoms with Gasteiger partial charge >= 0.3 is 0 Å². The second-order valence-corrected chi connectivity index (χ2v) is 7.70. The Balaban J connectivity index is 3.14. The summed E-state index contributed by atoms with van der Waals surface area (Å²) in [6.07, 6.45) is 0. The van der Waals surface area contributed by atoms with Crippen LogP contribution in [-0.2, 0) is 9.05 Å². The zero-order chi connectivity index (χ0) is 14.8. The van der Waals surface area contributed by atoms with Crippen LogP contribution in [0.1, 0.15) is 24.2 Å². The summed E-state index contributed by atoms with van der Waals surface area (Å²) in [4.78, 5) is 13.5. The van der Waals surface area contributed by atoms with E-state index in [1.165, 1.54) is 23.1 Å². The van der Waals surface area contributed by atoms with Gasteiger partial charge in [0.05, 0.1) is 4.90 Å². The molecule has 0 aromatic heterocycles. The molecule has 1 amide bonds. The summed E-state index contributed by atoms with van der Waals surface area (Å²) in [6.45, 7) is 4.53. The molecule has 0 saturated carbocycles. The summed E-state index contributed by atoms with van der Waals surface area (Å²) in [7, 11) is 3.00. The molecule has 0 radical (unpaired) electrons. The Hall–Kier alpha value is -0.780. The third-order valence-corrected chi connectivity index (χ3v) is 3.94. The molecule has 0 bridgehead atoms. The standard InChI is InChI=1S/C12H15Cl2NO3S/c1-8(2)7-15(3)12(16)9-4-10(13)6-11(5-9)19(14,17)18/h4-6,8H,7H2,1-3H3. The Morgan fingerprint density at radius 1 is 1.32 bits per heavy atom. The number of halogens is 2. The van der Waals surface area contributed by atoms with E-state index in [9.17, 15) is 13.2 Å². The molecule has 0 saturated heterocycles. The van der Waals surface area contributed by atoms with E-state index in [1.807, 2.05) is 13.8 Å². The number of amides is 1. The van der Waals surface area contributed by atoms with Gasteiger partial charge in [-0.25, -0.2) is 8.42 Å². The van der Waals surface area contributed by atoms with Gasteiger partial charge in [0.2, 0.25) is 0 Å². The van der Waals surface area contributed by atoms with E-state index in [4.69, 9.17) is 22.3 Å². The number of nitrogens with zero attached hydrogens (tertiary/aromatic N) is 1. The van der Waals surface area contributed by atoms with Crippen molar-refractivity contribution >= 4 is 37.2 Å². The number of carbonyl (C=O) groups is 1. The first kappa shape index (κ1) is 16.3. The zero-order valence-electron chi connectivity index (χ0n) is 10.9. The fourth-order valence-electron chi connectivity index (χ4n) is 1.68. The summed E-state index contributed by atoms with van der Waals surface area (Å²) < 4.78 is 22.6. The molecule has 7 heteroatoms. The van der Waals surface area contributed by atoms with Gasteiger partial charge in [0.1, 0.15) is 0 Å². The van der Waals surface area contributed by atoms with Crippen LogP contribution < -0.4 is 0 Å². The monoisotopic (exact) mass is 323 g/mol. The summed E-state index contributed by atoms with van der Waals surface area (Å²) in [5.74, 6) is 0.0159. The minimum atomic E-state index is -3.91. The lowest BCUT2D eigenvalue weighted by Crippen LogP contribution is -2.30. The van der Waals surface area contributed by atoms with Crippen molar-refractivity contribution in [1.82, 2.24) is 4.90 Å². The maximum absolute atomic E-state index is 12.1. The average molecular weight is 324 g/mol. The molecule has 0 N–H and O–H groups in total. The summed E-state index contributed by atoms with van der Waals surface area (Å²) in [5, 5.41) is 0.156. The van der Waals surface area contributed by atoms with Crippen LogP contribution in [0.2, 0.25) is 5.02 Å². The molecule has 1 aromatic carbocycles. The van der Waals surface area contributed by atoms with Crippen LogP contribution in [0.5, 0.6) is 0 Å². The Morgan fingerprint density at radius 3 is 2.37 bits per heavy atom. The normalized spacial score (nSPS) is 11.7. The van der Waals surface area contributed by atoms with Gasteiger partial charge in [0.15, 0.2) is 0 Å². The lowest BCUT2D eigenvalue weighted by atomic mass is 10.1. The first-order valence-electron chi connectivity index (χ1n) is 5.62. The van der Waals surface area contributed by atoms with Crippen LogP contribution in [0.25, 0.3) is 0 Å². The van der Waals surface area contributed by atoms with E-state index in [1.54, 1.807) is 7.05 Å². The van der Waals surface area contributed by atoms with E-state index in [0.717, 1.165) is 0 Å². The summed E-state index contributed by atoms with van der Waals surface area (Å²) in [6, 6.07) is 3.86. The predicted molar refractivity (Wildman–Crippen MR) is 76.3 cm³/mol. The van der Waals surface area contributed by atoms with E-state index in [2.05, 4.69) is 0 Å². The highest BCUT2D eigenvalue weighted by Crippen LogP contribution is 2.22. The maximum atomic E-state index is 12.1. The molecule has 19 heavy (non-hydrogen) atoms. The largest absolute Gasteiger partial charge is 0.341 e. The number of hydrogen-bond acceptors (Lipinski definition) is 3. The van der Waals surface area contributed by atoms with Crippen molar-refractivity contribution in [3.8, 4) is 0 Å². The molecule has 0 spiro atoms. The highest BCUT2D eigenvalue weighted by atomic mass is 35.7. The highest BCUT2D eigenvalue weighted by Gasteiger charge is 2.18. The first-order chi connectivity index (χ1) is 8.61. The molecule has 0 heterocycles. The van der Waals surface area contributed by atoms with Gasteiger partial charge in [-0.2, -0.15) is 0 Å². The van der Waals surface area contributed by atoms with Gasteiger partial charge in [-0.05, 0) is 24.1 Å². The van der Waals surface area contributed by atoms with Crippen molar-refractivity contribution in [3.63, 3.8) is 0 Å². The maximum Gasteiger partial charge on any atom is 0.261 e. The molecule has 0 aliphatic carbocycles. The molecular weight excluding hydrogens is 309 g/mol. The lowest BCUT2D eigenvalue weighted by Gasteiger charge is -2.19. The Bertz CT molecular complexity index is 585. The van der Waals surface area contributed by atoms with Crippen LogP contribution in [0.15, 0.2) is 23.1 Å². The molecule has 106 valence electrons. The van der Waals surface area contributed by atoms with Crippen molar-refractivity contribution in [2.24, 2.45) is 5.92 Å². The van der Waals surface area contributed by atoms with E-state index in [0.29, 0.717) is 12.5 Å². The number of rotatable bonds is 4. The van der Waals surface area contributed by atoms with Gasteiger partial charge in [0.25, 0.3) is 15.0 Å². The molecule has 4 nitrogen and oxygen atoms in total. The number of carbonyl (C=O) groups excluding carboxylic acids is 1.